The molecule has 0 aliphatic rings. The summed E-state index contributed by atoms with van der Waals surface area (Å²) >= 11 is 9.12. The van der Waals surface area contributed by atoms with E-state index >= 15 is 0 Å². The number of rotatable bonds is 1. The van der Waals surface area contributed by atoms with Crippen LogP contribution in [0.3, 0.4) is 0 Å². The number of hydrogen-bond acceptors (Lipinski definition) is 1. The molecule has 0 aliphatic heterocycles. The summed E-state index contributed by atoms with van der Waals surface area (Å²) in [5, 5.41) is 3.92. The summed E-state index contributed by atoms with van der Waals surface area (Å²) in [6.45, 7) is 0.162. The third-order valence-corrected chi connectivity index (χ3v) is 2.29. The van der Waals surface area contributed by atoms with Gasteiger partial charge in [0.15, 0.2) is 0 Å². The molecule has 0 N–H and O–H groups in total. The standard InChI is InChI=1S/C9H5BrClN3/c10-9-4-3-8(11)6-7(9)2-1-5-13-14-12/h3-4,6H,5H2. The summed E-state index contributed by atoms with van der Waals surface area (Å²) < 4.78 is 0.871. The Hall–Kier alpha value is -1.14. The zero-order chi connectivity index (χ0) is 10.4. The van der Waals surface area contributed by atoms with E-state index in [2.05, 4.69) is 37.8 Å². The summed E-state index contributed by atoms with van der Waals surface area (Å²) in [7, 11) is 0. The number of azide groups is 1. The molecule has 0 saturated heterocycles. The molecular formula is C9H5BrClN3. The molecule has 0 heterocycles. The second-order valence-electron chi connectivity index (χ2n) is 2.31. The van der Waals surface area contributed by atoms with Crippen molar-refractivity contribution in [1.29, 1.82) is 0 Å². The maximum absolute atomic E-state index is 8.02. The van der Waals surface area contributed by atoms with Gasteiger partial charge in [-0.25, -0.2) is 0 Å². The molecule has 0 atom stereocenters. The number of hydrogen-bond donors (Lipinski definition) is 0. The van der Waals surface area contributed by atoms with E-state index in [1.165, 1.54) is 0 Å². The molecule has 0 spiro atoms. The SMILES string of the molecule is [N-]=[N+]=NCC#Cc1cc(Cl)ccc1Br. The predicted octanol–water partition coefficient (Wildman–Crippen LogP) is 3.76. The summed E-state index contributed by atoms with van der Waals surface area (Å²) in [4.78, 5) is 2.59. The van der Waals surface area contributed by atoms with Crippen molar-refractivity contribution in [1.82, 2.24) is 0 Å². The van der Waals surface area contributed by atoms with Crippen molar-refractivity contribution in [3.63, 3.8) is 0 Å². The molecule has 5 heteroatoms. The van der Waals surface area contributed by atoms with Gasteiger partial charge in [0.05, 0.1) is 6.54 Å². The van der Waals surface area contributed by atoms with Crippen LogP contribution in [0.25, 0.3) is 10.4 Å². The maximum Gasteiger partial charge on any atom is 0.0880 e. The van der Waals surface area contributed by atoms with Gasteiger partial charge in [-0.3, -0.25) is 0 Å². The fourth-order valence-electron chi connectivity index (χ4n) is 0.795. The molecule has 0 saturated carbocycles. The van der Waals surface area contributed by atoms with E-state index in [0.29, 0.717) is 5.02 Å². The Kier molecular flexibility index (Phi) is 4.34. The van der Waals surface area contributed by atoms with Crippen LogP contribution in [0.1, 0.15) is 5.56 Å². The van der Waals surface area contributed by atoms with Gasteiger partial charge in [0.25, 0.3) is 0 Å². The Balaban J connectivity index is 2.88. The molecular weight excluding hydrogens is 265 g/mol. The molecule has 1 aromatic carbocycles. The van der Waals surface area contributed by atoms with Gasteiger partial charge in [-0.2, -0.15) is 0 Å². The van der Waals surface area contributed by atoms with Crippen molar-refractivity contribution in [3.05, 3.63) is 43.7 Å². The molecule has 0 radical (unpaired) electrons. The first kappa shape index (κ1) is 10.9. The van der Waals surface area contributed by atoms with Crippen LogP contribution in [0, 0.1) is 11.8 Å². The lowest BCUT2D eigenvalue weighted by Gasteiger charge is -1.95. The second kappa shape index (κ2) is 5.56. The van der Waals surface area contributed by atoms with E-state index in [-0.39, 0.29) is 6.54 Å². The van der Waals surface area contributed by atoms with Gasteiger partial charge in [-0.05, 0) is 39.7 Å². The molecule has 70 valence electrons. The first-order valence-corrected chi connectivity index (χ1v) is 4.86. The zero-order valence-corrected chi connectivity index (χ0v) is 9.38. The highest BCUT2D eigenvalue weighted by atomic mass is 79.9. The molecule has 14 heavy (non-hydrogen) atoms. The molecule has 1 aromatic rings. The molecule has 1 rings (SSSR count). The van der Waals surface area contributed by atoms with Crippen LogP contribution < -0.4 is 0 Å². The van der Waals surface area contributed by atoms with Gasteiger partial charge < -0.3 is 0 Å². The fourth-order valence-corrected chi connectivity index (χ4v) is 1.31. The smallest absolute Gasteiger partial charge is 0.0880 e. The summed E-state index contributed by atoms with van der Waals surface area (Å²) in [6, 6.07) is 5.33. The molecule has 3 nitrogen and oxygen atoms in total. The van der Waals surface area contributed by atoms with E-state index in [9.17, 15) is 0 Å². The van der Waals surface area contributed by atoms with Crippen LogP contribution in [0.2, 0.25) is 5.02 Å². The summed E-state index contributed by atoms with van der Waals surface area (Å²) in [5.74, 6) is 5.55. The third kappa shape index (κ3) is 3.31. The van der Waals surface area contributed by atoms with E-state index in [0.717, 1.165) is 10.0 Å². The van der Waals surface area contributed by atoms with Gasteiger partial charge in [0.2, 0.25) is 0 Å². The maximum atomic E-state index is 8.02. The van der Waals surface area contributed by atoms with Crippen LogP contribution in [-0.2, 0) is 0 Å². The lowest BCUT2D eigenvalue weighted by Crippen LogP contribution is -1.78. The van der Waals surface area contributed by atoms with Gasteiger partial charge in [0.1, 0.15) is 0 Å². The topological polar surface area (TPSA) is 48.8 Å². The number of benzene rings is 1. The van der Waals surface area contributed by atoms with Crippen LogP contribution >= 0.6 is 27.5 Å². The van der Waals surface area contributed by atoms with Gasteiger partial charge in [-0.1, -0.05) is 28.6 Å². The Morgan fingerprint density at radius 3 is 3.07 bits per heavy atom. The van der Waals surface area contributed by atoms with Gasteiger partial charge in [0, 0.05) is 20.0 Å². The first-order valence-electron chi connectivity index (χ1n) is 3.69. The predicted molar refractivity (Wildman–Crippen MR) is 60.0 cm³/mol. The highest BCUT2D eigenvalue weighted by Gasteiger charge is 1.96. The summed E-state index contributed by atoms with van der Waals surface area (Å²) in [6.07, 6.45) is 0. The average molecular weight is 271 g/mol. The average Bonchev–Trinajstić information content (AvgIpc) is 2.18. The molecule has 0 fully saturated rings. The number of nitrogens with zero attached hydrogens (tertiary/aromatic N) is 3. The Bertz CT molecular complexity index is 441. The largest absolute Gasteiger partial charge is 0.0919 e. The van der Waals surface area contributed by atoms with Gasteiger partial charge in [-0.15, -0.1) is 0 Å². The lowest BCUT2D eigenvalue weighted by molar-refractivity contribution is 1.25. The monoisotopic (exact) mass is 269 g/mol. The highest BCUT2D eigenvalue weighted by molar-refractivity contribution is 9.10. The molecule has 0 amide bonds. The van der Waals surface area contributed by atoms with E-state index in [1.54, 1.807) is 12.1 Å². The van der Waals surface area contributed by atoms with Crippen LogP contribution in [0.5, 0.6) is 0 Å². The molecule has 0 aromatic heterocycles. The summed E-state index contributed by atoms with van der Waals surface area (Å²) in [5.41, 5.74) is 8.81. The first-order chi connectivity index (χ1) is 6.74. The number of halogens is 2. The van der Waals surface area contributed by atoms with Crippen LogP contribution in [0.4, 0.5) is 0 Å². The molecule has 0 bridgehead atoms. The van der Waals surface area contributed by atoms with E-state index < -0.39 is 0 Å². The fraction of sp³-hybridized carbons (Fsp3) is 0.111. The van der Waals surface area contributed by atoms with Crippen molar-refractivity contribution >= 4 is 27.5 Å². The minimum absolute atomic E-state index is 0.162. The Morgan fingerprint density at radius 2 is 2.36 bits per heavy atom. The molecule has 0 unspecified atom stereocenters. The third-order valence-electron chi connectivity index (χ3n) is 1.36. The second-order valence-corrected chi connectivity index (χ2v) is 3.61. The normalized spacial score (nSPS) is 8.43. The van der Waals surface area contributed by atoms with E-state index in [4.69, 9.17) is 17.1 Å². The highest BCUT2D eigenvalue weighted by Crippen LogP contribution is 2.19. The minimum Gasteiger partial charge on any atom is -0.0919 e. The van der Waals surface area contributed by atoms with Crippen molar-refractivity contribution in [2.45, 2.75) is 0 Å². The van der Waals surface area contributed by atoms with Crippen molar-refractivity contribution in [3.8, 4) is 11.8 Å². The van der Waals surface area contributed by atoms with Crippen molar-refractivity contribution in [2.24, 2.45) is 5.11 Å². The molecule has 0 aliphatic carbocycles. The minimum atomic E-state index is 0.162. The van der Waals surface area contributed by atoms with Crippen LogP contribution in [-0.4, -0.2) is 6.54 Å². The van der Waals surface area contributed by atoms with Gasteiger partial charge >= 0.3 is 0 Å². The van der Waals surface area contributed by atoms with E-state index in [1.807, 2.05) is 6.07 Å². The Morgan fingerprint density at radius 1 is 1.57 bits per heavy atom. The lowest BCUT2D eigenvalue weighted by atomic mass is 10.2. The zero-order valence-electron chi connectivity index (χ0n) is 7.04. The van der Waals surface area contributed by atoms with Crippen molar-refractivity contribution < 1.29 is 0 Å². The van der Waals surface area contributed by atoms with Crippen LogP contribution in [0.15, 0.2) is 27.8 Å². The quantitative estimate of drug-likeness (QED) is 0.323. The van der Waals surface area contributed by atoms with Crippen molar-refractivity contribution in [2.75, 3.05) is 6.54 Å². The Labute approximate surface area is 94.8 Å².